The number of hydrogen-bond donors (Lipinski definition) is 1. The third-order valence-electron chi connectivity index (χ3n) is 3.00. The maximum Gasteiger partial charge on any atom is 0.179 e. The van der Waals surface area contributed by atoms with Gasteiger partial charge in [-0.05, 0) is 42.0 Å². The Labute approximate surface area is 121 Å². The summed E-state index contributed by atoms with van der Waals surface area (Å²) in [5, 5.41) is 3.74. The predicted octanol–water partition coefficient (Wildman–Crippen LogP) is 3.86. The minimum absolute atomic E-state index is 0.252. The number of rotatable bonds is 3. The number of fused-ring (bicyclic) bond motifs is 1. The SMILES string of the molecule is Fc1ccc(NCc2cc(Cl)c3c(c2)OCCO3)cc1. The van der Waals surface area contributed by atoms with Crippen LogP contribution in [0.3, 0.4) is 0 Å². The number of anilines is 1. The Morgan fingerprint density at radius 3 is 2.65 bits per heavy atom. The molecule has 0 atom stereocenters. The van der Waals surface area contributed by atoms with Crippen LogP contribution in [0.25, 0.3) is 0 Å². The summed E-state index contributed by atoms with van der Waals surface area (Å²) in [7, 11) is 0. The maximum absolute atomic E-state index is 12.8. The monoisotopic (exact) mass is 293 g/mol. The average molecular weight is 294 g/mol. The lowest BCUT2D eigenvalue weighted by molar-refractivity contribution is 0.171. The van der Waals surface area contributed by atoms with Crippen LogP contribution in [0, 0.1) is 5.82 Å². The van der Waals surface area contributed by atoms with Gasteiger partial charge in [-0.1, -0.05) is 11.6 Å². The van der Waals surface area contributed by atoms with E-state index in [2.05, 4.69) is 5.32 Å². The molecular formula is C15H13ClFNO2. The molecule has 0 bridgehead atoms. The Morgan fingerprint density at radius 1 is 1.10 bits per heavy atom. The van der Waals surface area contributed by atoms with Crippen LogP contribution in [0.2, 0.25) is 5.02 Å². The van der Waals surface area contributed by atoms with Crippen LogP contribution in [-0.4, -0.2) is 13.2 Å². The fourth-order valence-electron chi connectivity index (χ4n) is 2.04. The van der Waals surface area contributed by atoms with Gasteiger partial charge in [-0.2, -0.15) is 0 Å². The number of nitrogens with one attached hydrogen (secondary N) is 1. The summed E-state index contributed by atoms with van der Waals surface area (Å²) >= 11 is 6.17. The number of ether oxygens (including phenoxy) is 2. The second-order valence-electron chi connectivity index (χ2n) is 4.46. The summed E-state index contributed by atoms with van der Waals surface area (Å²) in [6.07, 6.45) is 0. The van der Waals surface area contributed by atoms with Gasteiger partial charge in [0.05, 0.1) is 5.02 Å². The first-order valence-corrected chi connectivity index (χ1v) is 6.67. The van der Waals surface area contributed by atoms with Gasteiger partial charge in [-0.15, -0.1) is 0 Å². The van der Waals surface area contributed by atoms with Crippen molar-refractivity contribution in [3.8, 4) is 11.5 Å². The van der Waals surface area contributed by atoms with E-state index >= 15 is 0 Å². The van der Waals surface area contributed by atoms with Crippen molar-refractivity contribution in [1.29, 1.82) is 0 Å². The van der Waals surface area contributed by atoms with Crippen LogP contribution in [0.5, 0.6) is 11.5 Å². The fourth-order valence-corrected chi connectivity index (χ4v) is 2.33. The first-order chi connectivity index (χ1) is 9.72. The molecule has 0 amide bonds. The van der Waals surface area contributed by atoms with Crippen molar-refractivity contribution in [2.75, 3.05) is 18.5 Å². The van der Waals surface area contributed by atoms with E-state index in [-0.39, 0.29) is 5.82 Å². The van der Waals surface area contributed by atoms with Crippen molar-refractivity contribution >= 4 is 17.3 Å². The minimum atomic E-state index is -0.252. The largest absolute Gasteiger partial charge is 0.486 e. The van der Waals surface area contributed by atoms with E-state index in [9.17, 15) is 4.39 Å². The zero-order chi connectivity index (χ0) is 13.9. The molecule has 0 unspecified atom stereocenters. The molecule has 5 heteroatoms. The molecule has 20 heavy (non-hydrogen) atoms. The van der Waals surface area contributed by atoms with Gasteiger partial charge >= 0.3 is 0 Å². The normalized spacial score (nSPS) is 13.1. The van der Waals surface area contributed by atoms with Gasteiger partial charge in [0.2, 0.25) is 0 Å². The van der Waals surface area contributed by atoms with Crippen LogP contribution in [0.15, 0.2) is 36.4 Å². The van der Waals surface area contributed by atoms with Gasteiger partial charge in [0.25, 0.3) is 0 Å². The van der Waals surface area contributed by atoms with Gasteiger partial charge in [0.1, 0.15) is 19.0 Å². The molecule has 0 radical (unpaired) electrons. The van der Waals surface area contributed by atoms with E-state index < -0.39 is 0 Å². The second-order valence-corrected chi connectivity index (χ2v) is 4.87. The first kappa shape index (κ1) is 13.1. The van der Waals surface area contributed by atoms with E-state index in [1.54, 1.807) is 12.1 Å². The molecule has 0 fully saturated rings. The highest BCUT2D eigenvalue weighted by Gasteiger charge is 2.16. The zero-order valence-corrected chi connectivity index (χ0v) is 11.4. The lowest BCUT2D eigenvalue weighted by Gasteiger charge is -2.20. The van der Waals surface area contributed by atoms with Gasteiger partial charge < -0.3 is 14.8 Å². The molecule has 1 heterocycles. The first-order valence-electron chi connectivity index (χ1n) is 6.30. The standard InChI is InChI=1S/C15H13ClFNO2/c16-13-7-10(8-14-15(13)20-6-5-19-14)9-18-12-3-1-11(17)2-4-12/h1-4,7-8,18H,5-6,9H2. The molecule has 104 valence electrons. The number of benzene rings is 2. The average Bonchev–Trinajstić information content (AvgIpc) is 2.47. The molecule has 1 aliphatic heterocycles. The van der Waals surface area contributed by atoms with Crippen LogP contribution in [0.4, 0.5) is 10.1 Å². The maximum atomic E-state index is 12.8. The van der Waals surface area contributed by atoms with Crippen LogP contribution in [0.1, 0.15) is 5.56 Å². The highest BCUT2D eigenvalue weighted by Crippen LogP contribution is 2.38. The minimum Gasteiger partial charge on any atom is -0.486 e. The number of hydrogen-bond acceptors (Lipinski definition) is 3. The van der Waals surface area contributed by atoms with Crippen molar-refractivity contribution in [2.24, 2.45) is 0 Å². The zero-order valence-electron chi connectivity index (χ0n) is 10.7. The smallest absolute Gasteiger partial charge is 0.179 e. The summed E-state index contributed by atoms with van der Waals surface area (Å²) in [5.74, 6) is 1.01. The fraction of sp³-hybridized carbons (Fsp3) is 0.200. The van der Waals surface area contributed by atoms with Crippen molar-refractivity contribution in [3.63, 3.8) is 0 Å². The predicted molar refractivity (Wildman–Crippen MR) is 76.2 cm³/mol. The molecule has 0 aliphatic carbocycles. The van der Waals surface area contributed by atoms with E-state index in [1.165, 1.54) is 12.1 Å². The molecular weight excluding hydrogens is 281 g/mol. The molecule has 1 aliphatic rings. The van der Waals surface area contributed by atoms with Crippen molar-refractivity contribution in [3.05, 3.63) is 52.8 Å². The summed E-state index contributed by atoms with van der Waals surface area (Å²) in [4.78, 5) is 0. The van der Waals surface area contributed by atoms with E-state index in [0.717, 1.165) is 11.3 Å². The van der Waals surface area contributed by atoms with Crippen LogP contribution in [-0.2, 0) is 6.54 Å². The Balaban J connectivity index is 1.74. The molecule has 3 nitrogen and oxygen atoms in total. The van der Waals surface area contributed by atoms with Gasteiger partial charge in [0, 0.05) is 12.2 Å². The Bertz CT molecular complexity index is 616. The number of halogens is 2. The highest BCUT2D eigenvalue weighted by atomic mass is 35.5. The molecule has 0 aromatic heterocycles. The molecule has 0 spiro atoms. The third-order valence-corrected chi connectivity index (χ3v) is 3.28. The Kier molecular flexibility index (Phi) is 3.65. The molecule has 2 aromatic carbocycles. The van der Waals surface area contributed by atoms with Crippen LogP contribution < -0.4 is 14.8 Å². The lowest BCUT2D eigenvalue weighted by Crippen LogP contribution is -2.16. The highest BCUT2D eigenvalue weighted by molar-refractivity contribution is 6.32. The van der Waals surface area contributed by atoms with Gasteiger partial charge in [0.15, 0.2) is 11.5 Å². The van der Waals surface area contributed by atoms with Crippen molar-refractivity contribution in [2.45, 2.75) is 6.54 Å². The summed E-state index contributed by atoms with van der Waals surface area (Å²) in [6.45, 7) is 1.61. The summed E-state index contributed by atoms with van der Waals surface area (Å²) in [6, 6.07) is 9.95. The molecule has 1 N–H and O–H groups in total. The Hall–Kier alpha value is -1.94. The van der Waals surface area contributed by atoms with Crippen LogP contribution >= 0.6 is 11.6 Å². The van der Waals surface area contributed by atoms with Gasteiger partial charge in [-0.3, -0.25) is 0 Å². The van der Waals surface area contributed by atoms with E-state index in [1.807, 2.05) is 12.1 Å². The topological polar surface area (TPSA) is 30.5 Å². The Morgan fingerprint density at radius 2 is 1.85 bits per heavy atom. The molecule has 2 aromatic rings. The molecule has 0 saturated carbocycles. The van der Waals surface area contributed by atoms with Crippen molar-refractivity contribution < 1.29 is 13.9 Å². The van der Waals surface area contributed by atoms with E-state index in [0.29, 0.717) is 36.3 Å². The second kappa shape index (κ2) is 5.59. The van der Waals surface area contributed by atoms with Crippen molar-refractivity contribution in [1.82, 2.24) is 0 Å². The molecule has 3 rings (SSSR count). The molecule has 0 saturated heterocycles. The lowest BCUT2D eigenvalue weighted by atomic mass is 10.2. The quantitative estimate of drug-likeness (QED) is 0.932. The summed E-state index contributed by atoms with van der Waals surface area (Å²) < 4.78 is 23.8. The summed E-state index contributed by atoms with van der Waals surface area (Å²) in [5.41, 5.74) is 1.82. The van der Waals surface area contributed by atoms with Gasteiger partial charge in [-0.25, -0.2) is 4.39 Å². The van der Waals surface area contributed by atoms with E-state index in [4.69, 9.17) is 21.1 Å². The third kappa shape index (κ3) is 2.80.